The molecule has 1 aliphatic carbocycles. The number of ether oxygens (including phenoxy) is 1. The van der Waals surface area contributed by atoms with Gasteiger partial charge in [-0.3, -0.25) is 0 Å². The van der Waals surface area contributed by atoms with Crippen LogP contribution in [-0.4, -0.2) is 28.9 Å². The predicted octanol–water partition coefficient (Wildman–Crippen LogP) is 1.28. The molecule has 1 aromatic rings. The third-order valence-electron chi connectivity index (χ3n) is 4.14. The van der Waals surface area contributed by atoms with Gasteiger partial charge >= 0.3 is 0 Å². The van der Waals surface area contributed by atoms with Gasteiger partial charge < -0.3 is 14.6 Å². The lowest BCUT2D eigenvalue weighted by atomic mass is 9.57. The van der Waals surface area contributed by atoms with Gasteiger partial charge in [0, 0.05) is 24.0 Å². The quantitative estimate of drug-likeness (QED) is 0.858. The lowest BCUT2D eigenvalue weighted by molar-refractivity contribution is -0.113. The Morgan fingerprint density at radius 1 is 1.47 bits per heavy atom. The molecule has 2 aliphatic rings. The third kappa shape index (κ3) is 1.68. The van der Waals surface area contributed by atoms with Gasteiger partial charge in [-0.2, -0.15) is 4.98 Å². The zero-order valence-corrected chi connectivity index (χ0v) is 10.6. The average Bonchev–Trinajstić information content (AvgIpc) is 2.86. The minimum atomic E-state index is 0.205. The van der Waals surface area contributed by atoms with Gasteiger partial charge in [-0.15, -0.1) is 0 Å². The summed E-state index contributed by atoms with van der Waals surface area (Å²) < 4.78 is 10.9. The van der Waals surface area contributed by atoms with E-state index in [1.54, 1.807) is 0 Å². The van der Waals surface area contributed by atoms with E-state index < -0.39 is 0 Å². The Balaban J connectivity index is 1.62. The molecule has 2 heterocycles. The number of rotatable bonds is 3. The molecule has 94 valence electrons. The summed E-state index contributed by atoms with van der Waals surface area (Å²) >= 11 is 0. The first-order chi connectivity index (χ1) is 8.09. The second-order valence-electron chi connectivity index (χ2n) is 5.66. The van der Waals surface area contributed by atoms with Crippen molar-refractivity contribution in [2.75, 3.05) is 6.61 Å². The molecule has 17 heavy (non-hydrogen) atoms. The van der Waals surface area contributed by atoms with Crippen molar-refractivity contribution in [2.24, 2.45) is 11.3 Å². The highest BCUT2D eigenvalue weighted by Gasteiger charge is 2.58. The minimum absolute atomic E-state index is 0.205. The lowest BCUT2D eigenvalue weighted by Gasteiger charge is -2.54. The summed E-state index contributed by atoms with van der Waals surface area (Å²) in [5.41, 5.74) is 0.205. The first kappa shape index (κ1) is 11.2. The summed E-state index contributed by atoms with van der Waals surface area (Å²) in [5.74, 6) is 2.01. The molecule has 1 aromatic heterocycles. The van der Waals surface area contributed by atoms with Crippen LogP contribution < -0.4 is 5.32 Å². The third-order valence-corrected chi connectivity index (χ3v) is 4.14. The molecule has 5 heteroatoms. The smallest absolute Gasteiger partial charge is 0.240 e. The zero-order valence-electron chi connectivity index (χ0n) is 10.6. The number of nitrogens with zero attached hydrogens (tertiary/aromatic N) is 2. The van der Waals surface area contributed by atoms with E-state index in [1.807, 2.05) is 6.92 Å². The topological polar surface area (TPSA) is 60.2 Å². The molecule has 0 aromatic carbocycles. The van der Waals surface area contributed by atoms with Crippen molar-refractivity contribution in [3.05, 3.63) is 11.7 Å². The van der Waals surface area contributed by atoms with Crippen molar-refractivity contribution in [3.8, 4) is 0 Å². The summed E-state index contributed by atoms with van der Waals surface area (Å²) in [4.78, 5) is 4.20. The Morgan fingerprint density at radius 2 is 2.29 bits per heavy atom. The van der Waals surface area contributed by atoms with Gasteiger partial charge in [0.15, 0.2) is 5.82 Å². The minimum Gasteiger partial charge on any atom is -0.377 e. The fraction of sp³-hybridized carbons (Fsp3) is 0.833. The van der Waals surface area contributed by atoms with E-state index in [0.29, 0.717) is 36.3 Å². The summed E-state index contributed by atoms with van der Waals surface area (Å²) in [6.07, 6.45) is 1.58. The van der Waals surface area contributed by atoms with Crippen molar-refractivity contribution < 1.29 is 9.26 Å². The van der Waals surface area contributed by atoms with E-state index >= 15 is 0 Å². The van der Waals surface area contributed by atoms with E-state index in [9.17, 15) is 0 Å². The van der Waals surface area contributed by atoms with Crippen LogP contribution in [0.1, 0.15) is 32.0 Å². The highest BCUT2D eigenvalue weighted by atomic mass is 16.5. The second kappa shape index (κ2) is 3.78. The van der Waals surface area contributed by atoms with Crippen LogP contribution in [0.2, 0.25) is 0 Å². The Labute approximate surface area is 101 Å². The first-order valence-electron chi connectivity index (χ1n) is 6.23. The highest BCUT2D eigenvalue weighted by Crippen LogP contribution is 2.52. The molecule has 1 N–H and O–H groups in total. The van der Waals surface area contributed by atoms with E-state index in [1.165, 1.54) is 0 Å². The standard InChI is InChI=1S/C12H19N3O2/c1-7-14-9(17-15-7)6-13-10-8-4-5-16-11(8)12(10,2)3/h8,10-11,13H,4-6H2,1-3H3. The second-order valence-corrected chi connectivity index (χ2v) is 5.66. The monoisotopic (exact) mass is 237 g/mol. The fourth-order valence-electron chi connectivity index (χ4n) is 3.35. The maximum Gasteiger partial charge on any atom is 0.240 e. The van der Waals surface area contributed by atoms with Crippen LogP contribution in [0.25, 0.3) is 0 Å². The van der Waals surface area contributed by atoms with Gasteiger partial charge in [-0.25, -0.2) is 0 Å². The molecule has 1 saturated heterocycles. The number of hydrogen-bond donors (Lipinski definition) is 1. The average molecular weight is 237 g/mol. The van der Waals surface area contributed by atoms with Gasteiger partial charge in [0.1, 0.15) is 0 Å². The highest BCUT2D eigenvalue weighted by molar-refractivity contribution is 5.11. The van der Waals surface area contributed by atoms with E-state index in [2.05, 4.69) is 29.3 Å². The number of nitrogens with one attached hydrogen (secondary N) is 1. The molecule has 0 bridgehead atoms. The van der Waals surface area contributed by atoms with Crippen molar-refractivity contribution in [1.82, 2.24) is 15.5 Å². The normalized spacial score (nSPS) is 34.4. The van der Waals surface area contributed by atoms with Crippen LogP contribution in [-0.2, 0) is 11.3 Å². The molecule has 5 nitrogen and oxygen atoms in total. The number of fused-ring (bicyclic) bond motifs is 1. The van der Waals surface area contributed by atoms with Crippen LogP contribution in [0.5, 0.6) is 0 Å². The SMILES string of the molecule is Cc1noc(CNC2C3CCOC3C2(C)C)n1. The molecule has 3 rings (SSSR count). The van der Waals surface area contributed by atoms with E-state index in [4.69, 9.17) is 9.26 Å². The molecule has 3 atom stereocenters. The van der Waals surface area contributed by atoms with Crippen molar-refractivity contribution >= 4 is 0 Å². The Hall–Kier alpha value is -0.940. The van der Waals surface area contributed by atoms with Crippen molar-refractivity contribution in [2.45, 2.75) is 45.9 Å². The Kier molecular flexibility index (Phi) is 2.48. The molecule has 0 radical (unpaired) electrons. The van der Waals surface area contributed by atoms with E-state index in [-0.39, 0.29) is 5.41 Å². The van der Waals surface area contributed by atoms with Gasteiger partial charge in [0.2, 0.25) is 5.89 Å². The Morgan fingerprint density at radius 3 is 3.00 bits per heavy atom. The molecule has 1 saturated carbocycles. The predicted molar refractivity (Wildman–Crippen MR) is 61.3 cm³/mol. The maximum atomic E-state index is 5.76. The lowest BCUT2D eigenvalue weighted by Crippen LogP contribution is -2.65. The molecular weight excluding hydrogens is 218 g/mol. The molecule has 0 amide bonds. The zero-order chi connectivity index (χ0) is 12.0. The summed E-state index contributed by atoms with van der Waals surface area (Å²) in [6, 6.07) is 0.488. The van der Waals surface area contributed by atoms with Crippen LogP contribution in [0.3, 0.4) is 0 Å². The number of hydrogen-bond acceptors (Lipinski definition) is 5. The molecule has 0 spiro atoms. The molecule has 1 aliphatic heterocycles. The van der Waals surface area contributed by atoms with Crippen molar-refractivity contribution in [3.63, 3.8) is 0 Å². The Bertz CT molecular complexity index is 416. The molecule has 3 unspecified atom stereocenters. The maximum absolute atomic E-state index is 5.76. The number of aromatic nitrogens is 2. The first-order valence-corrected chi connectivity index (χ1v) is 6.23. The summed E-state index contributed by atoms with van der Waals surface area (Å²) in [5, 5.41) is 7.32. The molecule has 2 fully saturated rings. The van der Waals surface area contributed by atoms with Crippen LogP contribution in [0, 0.1) is 18.3 Å². The van der Waals surface area contributed by atoms with Gasteiger partial charge in [0.05, 0.1) is 12.6 Å². The van der Waals surface area contributed by atoms with Crippen LogP contribution in [0.15, 0.2) is 4.52 Å². The van der Waals surface area contributed by atoms with Gasteiger partial charge in [0.25, 0.3) is 0 Å². The van der Waals surface area contributed by atoms with Gasteiger partial charge in [-0.1, -0.05) is 19.0 Å². The number of aryl methyl sites for hydroxylation is 1. The largest absolute Gasteiger partial charge is 0.377 e. The van der Waals surface area contributed by atoms with Crippen LogP contribution in [0.4, 0.5) is 0 Å². The van der Waals surface area contributed by atoms with E-state index in [0.717, 1.165) is 13.0 Å². The van der Waals surface area contributed by atoms with Crippen molar-refractivity contribution in [1.29, 1.82) is 0 Å². The van der Waals surface area contributed by atoms with Gasteiger partial charge in [-0.05, 0) is 13.3 Å². The van der Waals surface area contributed by atoms with Crippen LogP contribution >= 0.6 is 0 Å². The molecular formula is C12H19N3O2. The summed E-state index contributed by atoms with van der Waals surface area (Å²) in [6.45, 7) is 7.91. The summed E-state index contributed by atoms with van der Waals surface area (Å²) in [7, 11) is 0. The fourth-order valence-corrected chi connectivity index (χ4v) is 3.35.